The van der Waals surface area contributed by atoms with Crippen molar-refractivity contribution in [1.82, 2.24) is 19.6 Å². The number of fused-ring (bicyclic) bond motifs is 1. The molecule has 0 amide bonds. The van der Waals surface area contributed by atoms with Gasteiger partial charge in [-0.1, -0.05) is 13.8 Å². The summed E-state index contributed by atoms with van der Waals surface area (Å²) >= 11 is 1.66. The van der Waals surface area contributed by atoms with Gasteiger partial charge in [-0.25, -0.2) is 9.98 Å². The van der Waals surface area contributed by atoms with Crippen molar-refractivity contribution in [2.24, 2.45) is 10.4 Å². The average Bonchev–Trinajstić information content (AvgIpc) is 3.08. The van der Waals surface area contributed by atoms with Gasteiger partial charge in [0, 0.05) is 37.4 Å². The van der Waals surface area contributed by atoms with Crippen LogP contribution in [0, 0.1) is 5.41 Å². The van der Waals surface area contributed by atoms with Crippen molar-refractivity contribution >= 4 is 22.3 Å². The molecular weight excluding hydrogens is 282 g/mol. The van der Waals surface area contributed by atoms with Gasteiger partial charge >= 0.3 is 0 Å². The molecule has 1 aliphatic heterocycles. The highest BCUT2D eigenvalue weighted by molar-refractivity contribution is 7.15. The second kappa shape index (κ2) is 5.67. The van der Waals surface area contributed by atoms with E-state index in [9.17, 15) is 0 Å². The zero-order valence-corrected chi connectivity index (χ0v) is 13.8. The molecule has 6 heteroatoms. The van der Waals surface area contributed by atoms with Gasteiger partial charge < -0.3 is 10.2 Å². The summed E-state index contributed by atoms with van der Waals surface area (Å²) in [5.41, 5.74) is 1.41. The third-order valence-corrected chi connectivity index (χ3v) is 4.62. The molecule has 2 aromatic heterocycles. The summed E-state index contributed by atoms with van der Waals surface area (Å²) in [6, 6.07) is 0. The van der Waals surface area contributed by atoms with Crippen LogP contribution in [0.1, 0.15) is 32.9 Å². The number of nitrogens with zero attached hydrogens (tertiary/aromatic N) is 4. The fourth-order valence-electron chi connectivity index (χ4n) is 2.73. The van der Waals surface area contributed by atoms with Crippen LogP contribution < -0.4 is 5.32 Å². The molecule has 1 N–H and O–H groups in total. The van der Waals surface area contributed by atoms with Crippen LogP contribution >= 0.6 is 11.3 Å². The van der Waals surface area contributed by atoms with Gasteiger partial charge in [-0.3, -0.25) is 4.40 Å². The summed E-state index contributed by atoms with van der Waals surface area (Å²) in [5.74, 6) is 1.01. The molecule has 3 rings (SSSR count). The number of nitrogens with one attached hydrogen (secondary N) is 1. The first-order valence-corrected chi connectivity index (χ1v) is 8.40. The molecular formula is C15H23N5S. The normalized spacial score (nSPS) is 18.6. The van der Waals surface area contributed by atoms with Crippen molar-refractivity contribution in [3.8, 4) is 0 Å². The van der Waals surface area contributed by atoms with Crippen LogP contribution in [0.15, 0.2) is 22.8 Å². The molecule has 1 fully saturated rings. The average molecular weight is 305 g/mol. The number of hydrogen-bond acceptors (Lipinski definition) is 3. The Balaban J connectivity index is 1.72. The molecule has 0 aromatic carbocycles. The maximum absolute atomic E-state index is 4.77. The first-order chi connectivity index (χ1) is 10.1. The van der Waals surface area contributed by atoms with Gasteiger partial charge in [-0.05, 0) is 18.8 Å². The number of guanidine groups is 1. The van der Waals surface area contributed by atoms with E-state index >= 15 is 0 Å². The molecule has 5 nitrogen and oxygen atoms in total. The Labute approximate surface area is 129 Å². The van der Waals surface area contributed by atoms with Crippen LogP contribution in [0.25, 0.3) is 4.96 Å². The molecule has 0 spiro atoms. The van der Waals surface area contributed by atoms with Crippen molar-refractivity contribution < 1.29 is 0 Å². The summed E-state index contributed by atoms with van der Waals surface area (Å²) in [7, 11) is 0. The molecule has 0 atom stereocenters. The molecule has 1 aliphatic rings. The summed E-state index contributed by atoms with van der Waals surface area (Å²) in [6.45, 7) is 10.4. The van der Waals surface area contributed by atoms with Crippen LogP contribution in [0.2, 0.25) is 0 Å². The zero-order chi connectivity index (χ0) is 14.9. The lowest BCUT2D eigenvalue weighted by Crippen LogP contribution is -2.40. The van der Waals surface area contributed by atoms with Gasteiger partial charge in [0.05, 0.1) is 12.2 Å². The number of hydrogen-bond donors (Lipinski definition) is 1. The van der Waals surface area contributed by atoms with E-state index in [1.54, 1.807) is 11.3 Å². The lowest BCUT2D eigenvalue weighted by molar-refractivity contribution is 0.370. The van der Waals surface area contributed by atoms with E-state index < -0.39 is 0 Å². The van der Waals surface area contributed by atoms with Crippen molar-refractivity contribution in [2.75, 3.05) is 19.6 Å². The molecule has 0 saturated carbocycles. The highest BCUT2D eigenvalue weighted by Crippen LogP contribution is 2.28. The third kappa shape index (κ3) is 3.20. The number of imidazole rings is 1. The standard InChI is InChI=1S/C15H23N5S/c1-4-16-13(20-6-5-15(2,3)11-20)17-9-12-10-19-7-8-21-14(19)18-12/h7-8,10H,4-6,9,11H2,1-3H3,(H,16,17). The molecule has 0 bridgehead atoms. The molecule has 0 radical (unpaired) electrons. The van der Waals surface area contributed by atoms with Gasteiger partial charge in [0.2, 0.25) is 0 Å². The number of aliphatic imine (C=N–C) groups is 1. The Kier molecular flexibility index (Phi) is 3.89. The van der Waals surface area contributed by atoms with Gasteiger partial charge in [-0.2, -0.15) is 0 Å². The van der Waals surface area contributed by atoms with Crippen LogP contribution in [0.3, 0.4) is 0 Å². The van der Waals surface area contributed by atoms with Gasteiger partial charge in [0.1, 0.15) is 0 Å². The minimum atomic E-state index is 0.382. The highest BCUT2D eigenvalue weighted by Gasteiger charge is 2.30. The second-order valence-corrected chi connectivity index (χ2v) is 7.20. The molecule has 0 unspecified atom stereocenters. The van der Waals surface area contributed by atoms with Crippen molar-refractivity contribution in [3.63, 3.8) is 0 Å². The first-order valence-electron chi connectivity index (χ1n) is 7.52. The molecule has 2 aromatic rings. The lowest BCUT2D eigenvalue weighted by atomic mass is 9.93. The summed E-state index contributed by atoms with van der Waals surface area (Å²) in [6.07, 6.45) is 5.32. The van der Waals surface area contributed by atoms with E-state index in [-0.39, 0.29) is 0 Å². The van der Waals surface area contributed by atoms with Crippen molar-refractivity contribution in [3.05, 3.63) is 23.5 Å². The Bertz CT molecular complexity index is 611. The minimum absolute atomic E-state index is 0.382. The molecule has 114 valence electrons. The van der Waals surface area contributed by atoms with E-state index in [0.717, 1.165) is 36.2 Å². The molecule has 0 aliphatic carbocycles. The number of thiazole rings is 1. The Morgan fingerprint density at radius 1 is 1.52 bits per heavy atom. The second-order valence-electron chi connectivity index (χ2n) is 6.33. The molecule has 21 heavy (non-hydrogen) atoms. The summed E-state index contributed by atoms with van der Waals surface area (Å²) < 4.78 is 2.06. The monoisotopic (exact) mass is 305 g/mol. The predicted octanol–water partition coefficient (Wildman–Crippen LogP) is 2.59. The maximum atomic E-state index is 4.77. The summed E-state index contributed by atoms with van der Waals surface area (Å²) in [4.78, 5) is 12.8. The SMILES string of the molecule is CCNC(=NCc1cn2ccsc2n1)N1CCC(C)(C)C1. The predicted molar refractivity (Wildman–Crippen MR) is 87.9 cm³/mol. The van der Waals surface area contributed by atoms with Gasteiger partial charge in [0.15, 0.2) is 10.9 Å². The molecule has 1 saturated heterocycles. The Morgan fingerprint density at radius 3 is 3.05 bits per heavy atom. The Hall–Kier alpha value is -1.56. The lowest BCUT2D eigenvalue weighted by Gasteiger charge is -2.23. The third-order valence-electron chi connectivity index (χ3n) is 3.85. The topological polar surface area (TPSA) is 44.9 Å². The smallest absolute Gasteiger partial charge is 0.194 e. The zero-order valence-electron chi connectivity index (χ0n) is 13.0. The van der Waals surface area contributed by atoms with Gasteiger partial charge in [-0.15, -0.1) is 11.3 Å². The van der Waals surface area contributed by atoms with Crippen molar-refractivity contribution in [1.29, 1.82) is 0 Å². The van der Waals surface area contributed by atoms with Crippen LogP contribution in [0.5, 0.6) is 0 Å². The summed E-state index contributed by atoms with van der Waals surface area (Å²) in [5, 5.41) is 5.45. The highest BCUT2D eigenvalue weighted by atomic mass is 32.1. The minimum Gasteiger partial charge on any atom is -0.357 e. The van der Waals surface area contributed by atoms with Crippen LogP contribution in [-0.2, 0) is 6.54 Å². The fourth-order valence-corrected chi connectivity index (χ4v) is 3.45. The van der Waals surface area contributed by atoms with Crippen LogP contribution in [0.4, 0.5) is 0 Å². The maximum Gasteiger partial charge on any atom is 0.194 e. The van der Waals surface area contributed by atoms with E-state index in [4.69, 9.17) is 4.99 Å². The van der Waals surface area contributed by atoms with Crippen LogP contribution in [-0.4, -0.2) is 39.9 Å². The first kappa shape index (κ1) is 14.4. The Morgan fingerprint density at radius 2 is 2.38 bits per heavy atom. The largest absolute Gasteiger partial charge is 0.357 e. The molecule has 3 heterocycles. The van der Waals surface area contributed by atoms with Crippen molar-refractivity contribution in [2.45, 2.75) is 33.7 Å². The van der Waals surface area contributed by atoms with E-state index in [2.05, 4.69) is 46.6 Å². The van der Waals surface area contributed by atoms with Gasteiger partial charge in [0.25, 0.3) is 0 Å². The number of aromatic nitrogens is 2. The number of likely N-dealkylation sites (tertiary alicyclic amines) is 1. The van der Waals surface area contributed by atoms with E-state index in [1.165, 1.54) is 6.42 Å². The fraction of sp³-hybridized carbons (Fsp3) is 0.600. The quantitative estimate of drug-likeness (QED) is 0.700. The number of rotatable bonds is 3. The van der Waals surface area contributed by atoms with E-state index in [0.29, 0.717) is 12.0 Å². The van der Waals surface area contributed by atoms with E-state index in [1.807, 2.05) is 11.6 Å².